The highest BCUT2D eigenvalue weighted by molar-refractivity contribution is 7.99. The highest BCUT2D eigenvalue weighted by atomic mass is 32.2. The molecule has 1 saturated heterocycles. The van der Waals surface area contributed by atoms with Crippen molar-refractivity contribution in [1.82, 2.24) is 10.0 Å². The van der Waals surface area contributed by atoms with Gasteiger partial charge in [-0.15, -0.1) is 11.8 Å². The van der Waals surface area contributed by atoms with E-state index >= 15 is 0 Å². The van der Waals surface area contributed by atoms with Gasteiger partial charge in [0.1, 0.15) is 5.69 Å². The zero-order chi connectivity index (χ0) is 35.6. The van der Waals surface area contributed by atoms with Crippen molar-refractivity contribution in [3.05, 3.63) is 88.5 Å². The van der Waals surface area contributed by atoms with Crippen molar-refractivity contribution in [2.75, 3.05) is 42.1 Å². The summed E-state index contributed by atoms with van der Waals surface area (Å²) in [5.74, 6) is -0.460. The second-order valence-electron chi connectivity index (χ2n) is 13.1. The third kappa shape index (κ3) is 9.98. The average molecular weight is 723 g/mol. The fourth-order valence-corrected chi connectivity index (χ4v) is 8.81. The summed E-state index contributed by atoms with van der Waals surface area (Å²) in [7, 11) is -4.42. The molecule has 1 atom stereocenters. The molecule has 5 rings (SSSR count). The number of carbonyl (C=O) groups excluding carboxylic acids is 2. The number of thioether (sulfide) groups is 1. The molecule has 50 heavy (non-hydrogen) atoms. The highest BCUT2D eigenvalue weighted by Crippen LogP contribution is 2.46. The van der Waals surface area contributed by atoms with Gasteiger partial charge in [-0.05, 0) is 98.9 Å². The minimum Gasteiger partial charge on any atom is -0.376 e. The monoisotopic (exact) mass is 722 g/mol. The number of anilines is 2. The van der Waals surface area contributed by atoms with Crippen LogP contribution in [0, 0.1) is 15.5 Å². The van der Waals surface area contributed by atoms with Crippen molar-refractivity contribution in [3.8, 4) is 0 Å². The topological polar surface area (TPSA) is 177 Å². The van der Waals surface area contributed by atoms with E-state index in [1.807, 2.05) is 42.5 Å². The van der Waals surface area contributed by atoms with E-state index in [9.17, 15) is 28.1 Å². The predicted octanol–water partition coefficient (Wildman–Crippen LogP) is 5.69. The molecule has 1 saturated carbocycles. The van der Waals surface area contributed by atoms with E-state index in [4.69, 9.17) is 5.73 Å². The maximum absolute atomic E-state index is 13.3. The molecule has 268 valence electrons. The normalized spacial score (nSPS) is 16.1. The number of sulfonamides is 1. The van der Waals surface area contributed by atoms with Crippen LogP contribution in [0.2, 0.25) is 0 Å². The smallest absolute Gasteiger partial charge is 0.293 e. The molecule has 2 aliphatic rings. The Morgan fingerprint density at radius 2 is 1.66 bits per heavy atom. The van der Waals surface area contributed by atoms with Gasteiger partial charge >= 0.3 is 0 Å². The largest absolute Gasteiger partial charge is 0.376 e. The maximum Gasteiger partial charge on any atom is 0.293 e. The van der Waals surface area contributed by atoms with E-state index in [0.29, 0.717) is 30.6 Å². The summed E-state index contributed by atoms with van der Waals surface area (Å²) in [5, 5.41) is 18.1. The van der Waals surface area contributed by atoms with Gasteiger partial charge in [0.15, 0.2) is 0 Å². The van der Waals surface area contributed by atoms with Crippen molar-refractivity contribution in [2.24, 2.45) is 11.1 Å². The van der Waals surface area contributed by atoms with Gasteiger partial charge in [-0.2, -0.15) is 0 Å². The van der Waals surface area contributed by atoms with Crippen LogP contribution < -0.4 is 26.0 Å². The van der Waals surface area contributed by atoms with Crippen LogP contribution in [0.3, 0.4) is 0 Å². The third-order valence-electron chi connectivity index (χ3n) is 9.73. The molecule has 1 spiro atoms. The molecule has 0 aromatic heterocycles. The number of nitro groups is 1. The van der Waals surface area contributed by atoms with Gasteiger partial charge in [0.05, 0.1) is 16.4 Å². The molecule has 0 radical (unpaired) electrons. The highest BCUT2D eigenvalue weighted by Gasteiger charge is 2.37. The van der Waals surface area contributed by atoms with Gasteiger partial charge in [0, 0.05) is 53.6 Å². The first-order chi connectivity index (χ1) is 24.1. The Morgan fingerprint density at radius 1 is 0.960 bits per heavy atom. The number of carbonyl (C=O) groups is 2. The molecule has 5 N–H and O–H groups in total. The standard InChI is InChI=1S/C36H46N6O6S2/c37-25-34(43)38-21-7-4-8-28(26-49-30-9-2-1-3-10-30)39-32-16-15-31(24-33(32)42(45)46)50(47,48)40-35(44)27-11-13-29(14-12-27)41-22-19-36(20-23-41)17-5-6-18-36/h1-3,9-16,24,28,39H,4-8,17-23,25-26,37H2,(H,38,43)(H,40,44)/t28-/m1/s1. The number of nitrogens with one attached hydrogen (secondary N) is 3. The van der Waals surface area contributed by atoms with E-state index in [1.54, 1.807) is 23.9 Å². The summed E-state index contributed by atoms with van der Waals surface area (Å²) in [6.07, 6.45) is 9.64. The Balaban J connectivity index is 1.23. The van der Waals surface area contributed by atoms with Crippen LogP contribution in [0.4, 0.5) is 17.1 Å². The molecular formula is C36H46N6O6S2. The van der Waals surface area contributed by atoms with Gasteiger partial charge < -0.3 is 21.3 Å². The number of benzene rings is 3. The first-order valence-electron chi connectivity index (χ1n) is 17.2. The Kier molecular flexibility index (Phi) is 12.8. The number of nitro benzene ring substituents is 1. The number of rotatable bonds is 16. The van der Waals surface area contributed by atoms with Gasteiger partial charge in [-0.3, -0.25) is 19.7 Å². The minimum atomic E-state index is -4.42. The van der Waals surface area contributed by atoms with Crippen LogP contribution in [0.5, 0.6) is 0 Å². The molecular weight excluding hydrogens is 677 g/mol. The number of hydrogen-bond donors (Lipinski definition) is 4. The Morgan fingerprint density at radius 3 is 2.32 bits per heavy atom. The van der Waals surface area contributed by atoms with Crippen LogP contribution in [0.15, 0.2) is 82.6 Å². The molecule has 2 amide bonds. The van der Waals surface area contributed by atoms with E-state index in [1.165, 1.54) is 37.8 Å². The van der Waals surface area contributed by atoms with E-state index in [2.05, 4.69) is 20.3 Å². The summed E-state index contributed by atoms with van der Waals surface area (Å²) in [6.45, 7) is 2.32. The van der Waals surface area contributed by atoms with Crippen molar-refractivity contribution in [1.29, 1.82) is 0 Å². The number of nitrogens with zero attached hydrogens (tertiary/aromatic N) is 2. The summed E-state index contributed by atoms with van der Waals surface area (Å²) >= 11 is 1.59. The van der Waals surface area contributed by atoms with Gasteiger partial charge in [-0.1, -0.05) is 31.0 Å². The summed E-state index contributed by atoms with van der Waals surface area (Å²) in [4.78, 5) is 39.0. The zero-order valence-corrected chi connectivity index (χ0v) is 29.8. The molecule has 3 aromatic rings. The molecule has 1 heterocycles. The van der Waals surface area contributed by atoms with Crippen LogP contribution in [0.25, 0.3) is 0 Å². The Hall–Kier alpha value is -4.14. The summed E-state index contributed by atoms with van der Waals surface area (Å²) < 4.78 is 28.6. The number of amides is 2. The number of nitrogens with two attached hydrogens (primary N) is 1. The van der Waals surface area contributed by atoms with Gasteiger partial charge in [-0.25, -0.2) is 13.1 Å². The van der Waals surface area contributed by atoms with Crippen molar-refractivity contribution in [2.45, 2.75) is 73.6 Å². The Bertz CT molecular complexity index is 1720. The zero-order valence-electron chi connectivity index (χ0n) is 28.1. The van der Waals surface area contributed by atoms with Crippen molar-refractivity contribution >= 4 is 50.7 Å². The molecule has 14 heteroatoms. The first kappa shape index (κ1) is 37.1. The molecule has 12 nitrogen and oxygen atoms in total. The first-order valence-corrected chi connectivity index (χ1v) is 19.7. The third-order valence-corrected chi connectivity index (χ3v) is 12.2. The number of unbranched alkanes of at least 4 members (excludes halogenated alkanes) is 1. The molecule has 2 fully saturated rings. The lowest BCUT2D eigenvalue weighted by Gasteiger charge is -2.40. The number of hydrogen-bond acceptors (Lipinski definition) is 10. The fourth-order valence-electron chi connectivity index (χ4n) is 6.83. The van der Waals surface area contributed by atoms with Crippen LogP contribution >= 0.6 is 11.8 Å². The van der Waals surface area contributed by atoms with Gasteiger partial charge in [0.2, 0.25) is 5.91 Å². The number of piperidine rings is 1. The van der Waals surface area contributed by atoms with Crippen LogP contribution in [-0.2, 0) is 14.8 Å². The molecule has 3 aromatic carbocycles. The summed E-state index contributed by atoms with van der Waals surface area (Å²) in [5.41, 5.74) is 6.75. The maximum atomic E-state index is 13.3. The Labute approximate surface area is 298 Å². The molecule has 1 aliphatic carbocycles. The van der Waals surface area contributed by atoms with Crippen molar-refractivity contribution < 1.29 is 22.9 Å². The fraction of sp³-hybridized carbons (Fsp3) is 0.444. The molecule has 1 aliphatic heterocycles. The van der Waals surface area contributed by atoms with Gasteiger partial charge in [0.25, 0.3) is 21.6 Å². The van der Waals surface area contributed by atoms with E-state index in [-0.39, 0.29) is 34.6 Å². The van der Waals surface area contributed by atoms with E-state index in [0.717, 1.165) is 49.0 Å². The quantitative estimate of drug-likeness (QED) is 0.0622. The molecule has 0 unspecified atom stereocenters. The lowest BCUT2D eigenvalue weighted by atomic mass is 9.77. The predicted molar refractivity (Wildman–Crippen MR) is 197 cm³/mol. The SMILES string of the molecule is NCC(=O)NCCCC[C@H](CSc1ccccc1)Nc1ccc(S(=O)(=O)NC(=O)c2ccc(N3CCC4(CCCC4)CC3)cc2)cc1[N+](=O)[O-]. The van der Waals surface area contributed by atoms with E-state index < -0.39 is 26.5 Å². The lowest BCUT2D eigenvalue weighted by Crippen LogP contribution is -2.38. The second kappa shape index (κ2) is 17.2. The minimum absolute atomic E-state index is 0.0800. The lowest BCUT2D eigenvalue weighted by molar-refractivity contribution is -0.384. The average Bonchev–Trinajstić information content (AvgIpc) is 3.58. The second-order valence-corrected chi connectivity index (χ2v) is 15.9. The van der Waals surface area contributed by atoms with Crippen LogP contribution in [-0.4, -0.2) is 63.1 Å². The van der Waals surface area contributed by atoms with Crippen molar-refractivity contribution in [3.63, 3.8) is 0 Å². The molecule has 0 bridgehead atoms. The van der Waals surface area contributed by atoms with Crippen LogP contribution in [0.1, 0.15) is 68.1 Å². The summed E-state index contributed by atoms with van der Waals surface area (Å²) in [6, 6.07) is 20.0.